The summed E-state index contributed by atoms with van der Waals surface area (Å²) in [5, 5.41) is 0. The molecular weight excluding hydrogens is 445 g/mol. The molecular formula is C31H29F3O. The van der Waals surface area contributed by atoms with Gasteiger partial charge < -0.3 is 4.74 Å². The van der Waals surface area contributed by atoms with Crippen molar-refractivity contribution in [1.29, 1.82) is 0 Å². The van der Waals surface area contributed by atoms with Crippen LogP contribution in [-0.4, -0.2) is 6.61 Å². The van der Waals surface area contributed by atoms with E-state index in [1.165, 1.54) is 35.4 Å². The molecule has 0 heterocycles. The molecule has 35 heavy (non-hydrogen) atoms. The number of rotatable bonds is 9. The first kappa shape index (κ1) is 24.6. The fourth-order valence-electron chi connectivity index (χ4n) is 4.24. The summed E-state index contributed by atoms with van der Waals surface area (Å²) in [4.78, 5) is 0. The predicted molar refractivity (Wildman–Crippen MR) is 136 cm³/mol. The van der Waals surface area contributed by atoms with Gasteiger partial charge in [-0.3, -0.25) is 0 Å². The smallest absolute Gasteiger partial charge is 0.201 e. The fraction of sp³-hybridized carbons (Fsp3) is 0.226. The van der Waals surface area contributed by atoms with Crippen molar-refractivity contribution in [1.82, 2.24) is 0 Å². The van der Waals surface area contributed by atoms with Crippen molar-refractivity contribution in [2.45, 2.75) is 39.5 Å². The van der Waals surface area contributed by atoms with Crippen molar-refractivity contribution in [3.05, 3.63) is 113 Å². The lowest BCUT2D eigenvalue weighted by molar-refractivity contribution is 0.314. The lowest BCUT2D eigenvalue weighted by atomic mass is 9.97. The van der Waals surface area contributed by atoms with Crippen LogP contribution in [0, 0.1) is 17.5 Å². The Hall–Kier alpha value is -3.53. The van der Waals surface area contributed by atoms with Gasteiger partial charge in [0.15, 0.2) is 11.6 Å². The highest BCUT2D eigenvalue weighted by Gasteiger charge is 2.18. The summed E-state index contributed by atoms with van der Waals surface area (Å²) >= 11 is 0. The van der Waals surface area contributed by atoms with Crippen LogP contribution in [0.15, 0.2) is 78.9 Å². The van der Waals surface area contributed by atoms with Crippen LogP contribution >= 0.6 is 0 Å². The Balaban J connectivity index is 1.43. The standard InChI is InChI=1S/C31H29F3O/c1-3-5-21-8-13-24(14-9-21)25-15-10-22(11-16-25)6-7-23-12-17-26(28(32)20-23)27-18-19-29(35-4-2)31(34)30(27)33/h8-20H,3-7H2,1-2H3. The van der Waals surface area contributed by atoms with Gasteiger partial charge >= 0.3 is 0 Å². The molecule has 4 aromatic carbocycles. The van der Waals surface area contributed by atoms with Gasteiger partial charge in [0.1, 0.15) is 5.82 Å². The third-order valence-corrected chi connectivity index (χ3v) is 6.15. The van der Waals surface area contributed by atoms with Crippen LogP contribution in [0.3, 0.4) is 0 Å². The van der Waals surface area contributed by atoms with Gasteiger partial charge in [0.25, 0.3) is 0 Å². The zero-order chi connectivity index (χ0) is 24.8. The van der Waals surface area contributed by atoms with Crippen molar-refractivity contribution in [3.63, 3.8) is 0 Å². The van der Waals surface area contributed by atoms with E-state index in [0.717, 1.165) is 36.0 Å². The van der Waals surface area contributed by atoms with E-state index in [1.54, 1.807) is 13.0 Å². The molecule has 0 amide bonds. The Bertz CT molecular complexity index is 1280. The highest BCUT2D eigenvalue weighted by molar-refractivity contribution is 5.66. The SMILES string of the molecule is CCCc1ccc(-c2ccc(CCc3ccc(-c4ccc(OCC)c(F)c4F)c(F)c3)cc2)cc1. The molecule has 0 atom stereocenters. The summed E-state index contributed by atoms with van der Waals surface area (Å²) in [7, 11) is 0. The van der Waals surface area contributed by atoms with Crippen LogP contribution in [0.1, 0.15) is 37.0 Å². The van der Waals surface area contributed by atoms with Crippen molar-refractivity contribution in [2.24, 2.45) is 0 Å². The average Bonchev–Trinajstić information content (AvgIpc) is 2.87. The number of ether oxygens (including phenoxy) is 1. The molecule has 0 aliphatic heterocycles. The molecule has 4 aromatic rings. The third kappa shape index (κ3) is 5.76. The molecule has 0 bridgehead atoms. The van der Waals surface area contributed by atoms with E-state index >= 15 is 0 Å². The molecule has 0 fully saturated rings. The Morgan fingerprint density at radius 2 is 1.11 bits per heavy atom. The molecule has 0 aliphatic carbocycles. The molecule has 180 valence electrons. The minimum absolute atomic E-state index is 0.0301. The lowest BCUT2D eigenvalue weighted by Crippen LogP contribution is -2.00. The van der Waals surface area contributed by atoms with E-state index in [-0.39, 0.29) is 23.5 Å². The zero-order valence-corrected chi connectivity index (χ0v) is 20.1. The van der Waals surface area contributed by atoms with E-state index in [1.807, 2.05) is 0 Å². The summed E-state index contributed by atoms with van der Waals surface area (Å²) in [6, 6.07) is 24.4. The van der Waals surface area contributed by atoms with Crippen molar-refractivity contribution < 1.29 is 17.9 Å². The molecule has 0 aromatic heterocycles. The number of benzene rings is 4. The summed E-state index contributed by atoms with van der Waals surface area (Å²) in [5.74, 6) is -2.96. The molecule has 0 saturated carbocycles. The van der Waals surface area contributed by atoms with E-state index in [2.05, 4.69) is 55.5 Å². The topological polar surface area (TPSA) is 9.23 Å². The van der Waals surface area contributed by atoms with Crippen LogP contribution in [0.25, 0.3) is 22.3 Å². The monoisotopic (exact) mass is 474 g/mol. The summed E-state index contributed by atoms with van der Waals surface area (Å²) < 4.78 is 48.6. The van der Waals surface area contributed by atoms with E-state index in [9.17, 15) is 13.2 Å². The Labute approximate surface area is 205 Å². The highest BCUT2D eigenvalue weighted by Crippen LogP contribution is 2.32. The first-order valence-corrected chi connectivity index (χ1v) is 12.1. The number of hydrogen-bond donors (Lipinski definition) is 0. The Morgan fingerprint density at radius 1 is 0.571 bits per heavy atom. The average molecular weight is 475 g/mol. The zero-order valence-electron chi connectivity index (χ0n) is 20.1. The minimum atomic E-state index is -1.11. The second-order valence-corrected chi connectivity index (χ2v) is 8.63. The molecule has 0 aliphatic rings. The molecule has 4 heteroatoms. The number of hydrogen-bond acceptors (Lipinski definition) is 1. The molecule has 0 unspecified atom stereocenters. The normalized spacial score (nSPS) is 11.0. The number of halogens is 3. The molecule has 0 saturated heterocycles. The van der Waals surface area contributed by atoms with Gasteiger partial charge in [-0.2, -0.15) is 4.39 Å². The van der Waals surface area contributed by atoms with Crippen molar-refractivity contribution >= 4 is 0 Å². The molecule has 4 rings (SSSR count). The van der Waals surface area contributed by atoms with Gasteiger partial charge in [0, 0.05) is 11.1 Å². The maximum Gasteiger partial charge on any atom is 0.201 e. The van der Waals surface area contributed by atoms with Gasteiger partial charge in [0.05, 0.1) is 6.61 Å². The molecule has 1 nitrogen and oxygen atoms in total. The quantitative estimate of drug-likeness (QED) is 0.236. The first-order chi connectivity index (χ1) is 17.0. The second-order valence-electron chi connectivity index (χ2n) is 8.63. The lowest BCUT2D eigenvalue weighted by Gasteiger charge is -2.11. The highest BCUT2D eigenvalue weighted by atomic mass is 19.2. The van der Waals surface area contributed by atoms with Gasteiger partial charge in [-0.15, -0.1) is 0 Å². The summed E-state index contributed by atoms with van der Waals surface area (Å²) in [5.41, 5.74) is 5.57. The fourth-order valence-corrected chi connectivity index (χ4v) is 4.24. The van der Waals surface area contributed by atoms with Gasteiger partial charge in [-0.05, 0) is 72.2 Å². The van der Waals surface area contributed by atoms with Crippen LogP contribution in [-0.2, 0) is 19.3 Å². The van der Waals surface area contributed by atoms with Crippen molar-refractivity contribution in [3.8, 4) is 28.0 Å². The Morgan fingerprint density at radius 3 is 1.69 bits per heavy atom. The van der Waals surface area contributed by atoms with Gasteiger partial charge in [-0.25, -0.2) is 8.78 Å². The Kier molecular flexibility index (Phi) is 7.91. The third-order valence-electron chi connectivity index (χ3n) is 6.15. The summed E-state index contributed by atoms with van der Waals surface area (Å²) in [6.45, 7) is 4.08. The van der Waals surface area contributed by atoms with Crippen molar-refractivity contribution in [2.75, 3.05) is 6.61 Å². The van der Waals surface area contributed by atoms with Crippen LogP contribution in [0.4, 0.5) is 13.2 Å². The maximum atomic E-state index is 14.8. The molecule has 0 spiro atoms. The van der Waals surface area contributed by atoms with Gasteiger partial charge in [0.2, 0.25) is 5.82 Å². The van der Waals surface area contributed by atoms with Crippen LogP contribution in [0.5, 0.6) is 5.75 Å². The molecule has 0 radical (unpaired) electrons. The predicted octanol–water partition coefficient (Wildman–Crippen LogP) is 8.57. The largest absolute Gasteiger partial charge is 0.491 e. The van der Waals surface area contributed by atoms with E-state index < -0.39 is 17.5 Å². The first-order valence-electron chi connectivity index (χ1n) is 12.1. The van der Waals surface area contributed by atoms with E-state index in [4.69, 9.17) is 4.74 Å². The van der Waals surface area contributed by atoms with Crippen LogP contribution < -0.4 is 4.74 Å². The number of aryl methyl sites for hydroxylation is 3. The maximum absolute atomic E-state index is 14.8. The van der Waals surface area contributed by atoms with Crippen LogP contribution in [0.2, 0.25) is 0 Å². The van der Waals surface area contributed by atoms with E-state index in [0.29, 0.717) is 6.42 Å². The molecule has 0 N–H and O–H groups in total. The summed E-state index contributed by atoms with van der Waals surface area (Å²) in [6.07, 6.45) is 3.62. The second kappa shape index (κ2) is 11.3. The minimum Gasteiger partial charge on any atom is -0.491 e. The van der Waals surface area contributed by atoms with Gasteiger partial charge in [-0.1, -0.05) is 74.0 Å².